The van der Waals surface area contributed by atoms with E-state index in [0.717, 1.165) is 54.2 Å². The second-order valence-electron chi connectivity index (χ2n) is 7.58. The van der Waals surface area contributed by atoms with Crippen LogP contribution in [0.5, 0.6) is 0 Å². The lowest BCUT2D eigenvalue weighted by atomic mass is 10.2. The van der Waals surface area contributed by atoms with Crippen LogP contribution in [0.15, 0.2) is 24.3 Å². The first kappa shape index (κ1) is 18.4. The van der Waals surface area contributed by atoms with Crippen LogP contribution >= 0.6 is 11.3 Å². The van der Waals surface area contributed by atoms with E-state index in [1.807, 2.05) is 37.1 Å². The maximum Gasteiger partial charge on any atom is 0.237 e. The lowest BCUT2D eigenvalue weighted by Crippen LogP contribution is -2.51. The Bertz CT molecular complexity index is 806. The van der Waals surface area contributed by atoms with Gasteiger partial charge in [-0.15, -0.1) is 11.3 Å². The van der Waals surface area contributed by atoms with Crippen LogP contribution in [0.25, 0.3) is 10.2 Å². The fraction of sp³-hybridized carbons (Fsp3) is 0.550. The normalized spacial score (nSPS) is 19.3. The van der Waals surface area contributed by atoms with Crippen molar-refractivity contribution in [2.75, 3.05) is 39.8 Å². The average Bonchev–Trinajstić information content (AvgIpc) is 3.45. The van der Waals surface area contributed by atoms with Crippen molar-refractivity contribution in [3.8, 4) is 0 Å². The maximum absolute atomic E-state index is 12.8. The lowest BCUT2D eigenvalue weighted by molar-refractivity contribution is -0.136. The van der Waals surface area contributed by atoms with Crippen molar-refractivity contribution >= 4 is 33.4 Å². The smallest absolute Gasteiger partial charge is 0.237 e. The fourth-order valence-corrected chi connectivity index (χ4v) is 4.53. The van der Waals surface area contributed by atoms with Crippen LogP contribution in [0.1, 0.15) is 30.8 Å². The number of thiazole rings is 1. The highest BCUT2D eigenvalue weighted by molar-refractivity contribution is 7.18. The summed E-state index contributed by atoms with van der Waals surface area (Å²) >= 11 is 1.65. The molecule has 0 N–H and O–H groups in total. The third kappa shape index (κ3) is 3.99. The number of hydrogen-bond donors (Lipinski definition) is 0. The summed E-state index contributed by atoms with van der Waals surface area (Å²) in [5.74, 6) is 0.685. The van der Waals surface area contributed by atoms with Gasteiger partial charge in [0.2, 0.25) is 11.8 Å². The number of hydrogen-bond acceptors (Lipinski definition) is 5. The van der Waals surface area contributed by atoms with Crippen molar-refractivity contribution in [2.45, 2.75) is 25.8 Å². The Hall–Kier alpha value is -1.99. The molecule has 2 aliphatic rings. The number of likely N-dealkylation sites (N-methyl/N-ethyl adjacent to an activating group) is 1. The molecule has 6 nitrogen and oxygen atoms in total. The molecule has 2 fully saturated rings. The van der Waals surface area contributed by atoms with Gasteiger partial charge < -0.3 is 9.80 Å². The Morgan fingerprint density at radius 3 is 2.59 bits per heavy atom. The summed E-state index contributed by atoms with van der Waals surface area (Å²) in [6.07, 6.45) is 2.10. The van der Waals surface area contributed by atoms with Crippen LogP contribution in [-0.2, 0) is 9.59 Å². The highest BCUT2D eigenvalue weighted by atomic mass is 32.1. The van der Waals surface area contributed by atoms with Crippen molar-refractivity contribution < 1.29 is 9.59 Å². The number of carbonyl (C=O) groups is 2. The molecule has 0 radical (unpaired) electrons. The fourth-order valence-electron chi connectivity index (χ4n) is 3.47. The molecule has 1 aliphatic carbocycles. The molecular weight excluding hydrogens is 360 g/mol. The third-order valence-corrected chi connectivity index (χ3v) is 6.82. The van der Waals surface area contributed by atoms with E-state index in [4.69, 9.17) is 0 Å². The first-order valence-electron chi connectivity index (χ1n) is 9.65. The zero-order valence-electron chi connectivity index (χ0n) is 15.9. The molecule has 1 atom stereocenters. The lowest BCUT2D eigenvalue weighted by Gasteiger charge is -2.35. The minimum absolute atomic E-state index is 0.0485. The van der Waals surface area contributed by atoms with Gasteiger partial charge >= 0.3 is 0 Å². The molecule has 2 aromatic rings. The Morgan fingerprint density at radius 1 is 1.22 bits per heavy atom. The number of aromatic nitrogens is 1. The Kier molecular flexibility index (Phi) is 5.14. The molecule has 1 saturated carbocycles. The molecule has 2 heterocycles. The largest absolute Gasteiger partial charge is 0.340 e. The predicted octanol–water partition coefficient (Wildman–Crippen LogP) is 2.37. The number of piperazine rings is 1. The molecule has 27 heavy (non-hydrogen) atoms. The summed E-state index contributed by atoms with van der Waals surface area (Å²) in [5, 5.41) is 0.965. The van der Waals surface area contributed by atoms with Crippen molar-refractivity contribution in [1.82, 2.24) is 19.7 Å². The van der Waals surface area contributed by atoms with Gasteiger partial charge in [-0.1, -0.05) is 12.1 Å². The molecule has 4 rings (SSSR count). The Balaban J connectivity index is 1.31. The Labute approximate surface area is 163 Å². The van der Waals surface area contributed by atoms with Crippen LogP contribution in [0, 0.1) is 5.92 Å². The molecule has 1 aliphatic heterocycles. The summed E-state index contributed by atoms with van der Waals surface area (Å²) in [5.41, 5.74) is 0.988. The second kappa shape index (κ2) is 7.56. The first-order chi connectivity index (χ1) is 13.0. The molecule has 0 bridgehead atoms. The number of para-hydroxylation sites is 1. The summed E-state index contributed by atoms with van der Waals surface area (Å²) in [7, 11) is 1.85. The highest BCUT2D eigenvalue weighted by Gasteiger charge is 2.35. The number of nitrogens with zero attached hydrogens (tertiary/aromatic N) is 4. The zero-order valence-corrected chi connectivity index (χ0v) is 16.7. The quantitative estimate of drug-likeness (QED) is 0.792. The van der Waals surface area contributed by atoms with Gasteiger partial charge in [-0.25, -0.2) is 4.98 Å². The van der Waals surface area contributed by atoms with Crippen LogP contribution in [0.2, 0.25) is 0 Å². The summed E-state index contributed by atoms with van der Waals surface area (Å²) in [6, 6.07) is 8.02. The molecule has 0 unspecified atom stereocenters. The van der Waals surface area contributed by atoms with Gasteiger partial charge in [0.1, 0.15) is 5.01 Å². The van der Waals surface area contributed by atoms with Crippen molar-refractivity contribution in [2.24, 2.45) is 5.92 Å². The van der Waals surface area contributed by atoms with Crippen LogP contribution in [0.4, 0.5) is 0 Å². The van der Waals surface area contributed by atoms with Gasteiger partial charge in [0, 0.05) is 39.1 Å². The van der Waals surface area contributed by atoms with Crippen molar-refractivity contribution in [1.29, 1.82) is 0 Å². The summed E-state index contributed by atoms with van der Waals surface area (Å²) in [4.78, 5) is 35.5. The molecule has 2 amide bonds. The molecule has 1 aromatic heterocycles. The predicted molar refractivity (Wildman–Crippen MR) is 107 cm³/mol. The van der Waals surface area contributed by atoms with E-state index in [0.29, 0.717) is 12.5 Å². The van der Waals surface area contributed by atoms with Gasteiger partial charge in [-0.2, -0.15) is 0 Å². The minimum Gasteiger partial charge on any atom is -0.340 e. The third-order valence-electron chi connectivity index (χ3n) is 5.61. The van der Waals surface area contributed by atoms with E-state index in [2.05, 4.69) is 16.0 Å². The van der Waals surface area contributed by atoms with Crippen LogP contribution < -0.4 is 0 Å². The van der Waals surface area contributed by atoms with E-state index in [1.165, 1.54) is 0 Å². The summed E-state index contributed by atoms with van der Waals surface area (Å²) in [6.45, 7) is 5.44. The topological polar surface area (TPSA) is 56.8 Å². The average molecular weight is 387 g/mol. The van der Waals surface area contributed by atoms with E-state index in [-0.39, 0.29) is 17.9 Å². The number of amides is 2. The summed E-state index contributed by atoms with van der Waals surface area (Å²) < 4.78 is 1.15. The number of benzene rings is 1. The number of fused-ring (bicyclic) bond motifs is 1. The van der Waals surface area contributed by atoms with Gasteiger partial charge in [0.05, 0.1) is 22.8 Å². The van der Waals surface area contributed by atoms with E-state index in [9.17, 15) is 9.59 Å². The van der Waals surface area contributed by atoms with E-state index in [1.54, 1.807) is 16.2 Å². The molecule has 1 saturated heterocycles. The van der Waals surface area contributed by atoms with Crippen LogP contribution in [-0.4, -0.2) is 71.3 Å². The first-order valence-corrected chi connectivity index (χ1v) is 10.5. The zero-order chi connectivity index (χ0) is 19.0. The van der Waals surface area contributed by atoms with Gasteiger partial charge in [0.15, 0.2) is 0 Å². The van der Waals surface area contributed by atoms with Gasteiger partial charge in [-0.3, -0.25) is 14.5 Å². The molecule has 144 valence electrons. The molecule has 1 aromatic carbocycles. The maximum atomic E-state index is 12.8. The monoisotopic (exact) mass is 386 g/mol. The number of carbonyl (C=O) groups excluding carboxylic acids is 2. The van der Waals surface area contributed by atoms with Crippen molar-refractivity contribution in [3.63, 3.8) is 0 Å². The molecule has 0 spiro atoms. The number of rotatable bonds is 5. The van der Waals surface area contributed by atoms with Gasteiger partial charge in [-0.05, 0) is 31.9 Å². The second-order valence-corrected chi connectivity index (χ2v) is 8.64. The van der Waals surface area contributed by atoms with Crippen LogP contribution in [0.3, 0.4) is 0 Å². The minimum atomic E-state index is -0.0485. The van der Waals surface area contributed by atoms with Crippen molar-refractivity contribution in [3.05, 3.63) is 29.3 Å². The van der Waals surface area contributed by atoms with E-state index < -0.39 is 0 Å². The standard InChI is InChI=1S/C20H26N4O2S/c1-14(19-21-16-5-3-4-6-17(16)27-19)22(2)18(25)13-23-9-11-24(12-10-23)20(26)15-7-8-15/h3-6,14-15H,7-13H2,1-2H3/t14-/m0/s1. The SMILES string of the molecule is C[C@@H](c1nc2ccccc2s1)N(C)C(=O)CN1CCN(C(=O)C2CC2)CC1. The highest BCUT2D eigenvalue weighted by Crippen LogP contribution is 2.31. The van der Waals surface area contributed by atoms with Gasteiger partial charge in [0.25, 0.3) is 0 Å². The Morgan fingerprint density at radius 2 is 1.93 bits per heavy atom. The molecule has 7 heteroatoms. The van der Waals surface area contributed by atoms with E-state index >= 15 is 0 Å². The molecular formula is C20H26N4O2S.